The molecule has 1 amide bonds. The summed E-state index contributed by atoms with van der Waals surface area (Å²) < 4.78 is 36.8. The molecule has 3 rings (SSSR count). The summed E-state index contributed by atoms with van der Waals surface area (Å²) >= 11 is 8.41. The van der Waals surface area contributed by atoms with E-state index in [0.29, 0.717) is 11.3 Å². The monoisotopic (exact) mass is 608 g/mol. The highest BCUT2D eigenvalue weighted by Crippen LogP contribution is 2.39. The lowest BCUT2D eigenvalue weighted by molar-refractivity contribution is -0.112. The first-order valence-electron chi connectivity index (χ1n) is 9.70. The zero-order valence-corrected chi connectivity index (χ0v) is 21.7. The van der Waals surface area contributed by atoms with E-state index in [2.05, 4.69) is 27.9 Å². The minimum absolute atomic E-state index is 0.0183. The molecule has 0 spiro atoms. The van der Waals surface area contributed by atoms with Crippen LogP contribution in [0.15, 0.2) is 71.1 Å². The van der Waals surface area contributed by atoms with Gasteiger partial charge in [0.25, 0.3) is 5.91 Å². The largest absolute Gasteiger partial charge is 0.493 e. The average molecular weight is 609 g/mol. The second kappa shape index (κ2) is 10.9. The third kappa shape index (κ3) is 6.28. The molecule has 0 saturated carbocycles. The normalized spacial score (nSPS) is 11.4. The predicted octanol–water partition coefficient (Wildman–Crippen LogP) is 5.58. The molecule has 3 aromatic rings. The van der Waals surface area contributed by atoms with Crippen LogP contribution in [0.3, 0.4) is 0 Å². The number of nitrogens with zero attached hydrogens (tertiary/aromatic N) is 1. The van der Waals surface area contributed by atoms with Gasteiger partial charge in [0.05, 0.1) is 12.1 Å². The molecule has 0 radical (unpaired) electrons. The van der Waals surface area contributed by atoms with E-state index in [0.717, 1.165) is 9.13 Å². The Labute approximate surface area is 216 Å². The molecular weight excluding hydrogens is 591 g/mol. The van der Waals surface area contributed by atoms with Crippen LogP contribution in [0, 0.1) is 21.8 Å². The fraction of sp³-hybridized carbons (Fsp3) is 0.0833. The van der Waals surface area contributed by atoms with Gasteiger partial charge in [-0.1, -0.05) is 35.4 Å². The molecule has 0 atom stereocenters. The number of methoxy groups -OCH3 is 1. The first-order chi connectivity index (χ1) is 16.1. The maximum atomic E-state index is 12.7. The lowest BCUT2D eigenvalue weighted by Gasteiger charge is -2.13. The van der Waals surface area contributed by atoms with Crippen molar-refractivity contribution in [3.05, 3.63) is 86.0 Å². The second-order valence-electron chi connectivity index (χ2n) is 7.02. The summed E-state index contributed by atoms with van der Waals surface area (Å²) in [5.41, 5.74) is 1.60. The van der Waals surface area contributed by atoms with E-state index in [1.54, 1.807) is 30.3 Å². The molecule has 0 aromatic heterocycles. The number of hydrogen-bond donors (Lipinski definition) is 1. The zero-order valence-electron chi connectivity index (χ0n) is 18.0. The van der Waals surface area contributed by atoms with Crippen molar-refractivity contribution in [2.75, 3.05) is 12.4 Å². The van der Waals surface area contributed by atoms with Crippen LogP contribution in [-0.4, -0.2) is 21.4 Å². The molecule has 10 heteroatoms. The number of aryl methyl sites for hydroxylation is 1. The van der Waals surface area contributed by atoms with Gasteiger partial charge in [-0.2, -0.15) is 13.7 Å². The topological polar surface area (TPSA) is 105 Å². The Bertz CT molecular complexity index is 1410. The molecule has 0 unspecified atom stereocenters. The summed E-state index contributed by atoms with van der Waals surface area (Å²) in [4.78, 5) is 12.5. The van der Waals surface area contributed by atoms with Crippen molar-refractivity contribution in [2.45, 2.75) is 11.8 Å². The molecule has 7 nitrogen and oxygen atoms in total. The van der Waals surface area contributed by atoms with Crippen molar-refractivity contribution >= 4 is 62.0 Å². The maximum absolute atomic E-state index is 12.7. The third-order valence-electron chi connectivity index (χ3n) is 4.51. The smallest absolute Gasteiger partial charge is 0.339 e. The number of amides is 1. The van der Waals surface area contributed by atoms with E-state index < -0.39 is 16.0 Å². The van der Waals surface area contributed by atoms with Crippen LogP contribution < -0.4 is 14.2 Å². The molecule has 0 heterocycles. The Kier molecular flexibility index (Phi) is 8.19. The van der Waals surface area contributed by atoms with Crippen molar-refractivity contribution in [2.24, 2.45) is 0 Å². The van der Waals surface area contributed by atoms with Crippen LogP contribution in [0.5, 0.6) is 11.5 Å². The number of carbonyl (C=O) groups excluding carboxylic acids is 1. The number of nitrogens with one attached hydrogen (secondary N) is 1. The molecule has 0 fully saturated rings. The van der Waals surface area contributed by atoms with Crippen LogP contribution in [0.1, 0.15) is 11.1 Å². The van der Waals surface area contributed by atoms with Gasteiger partial charge in [0.15, 0.2) is 5.75 Å². The highest BCUT2D eigenvalue weighted by atomic mass is 127. The lowest BCUT2D eigenvalue weighted by atomic mass is 10.1. The Balaban J connectivity index is 1.91. The zero-order chi connectivity index (χ0) is 24.9. The first kappa shape index (κ1) is 25.6. The van der Waals surface area contributed by atoms with Gasteiger partial charge in [0.2, 0.25) is 5.75 Å². The Morgan fingerprint density at radius 2 is 1.85 bits per heavy atom. The standard InChI is InChI=1S/C24H18ClIN2O5S/c1-15-6-8-20(9-7-15)34(30,31)33-23-21(25)11-16(12-22(23)32-2)10-17(14-27)24(29)28-19-5-3-4-18(26)13-19/h3-13H,1-2H3,(H,28,29)/b17-10+. The quantitative estimate of drug-likeness (QED) is 0.163. The highest BCUT2D eigenvalue weighted by Gasteiger charge is 2.22. The summed E-state index contributed by atoms with van der Waals surface area (Å²) in [6, 6.07) is 17.9. The van der Waals surface area contributed by atoms with Gasteiger partial charge in [-0.25, -0.2) is 0 Å². The van der Waals surface area contributed by atoms with E-state index in [1.165, 1.54) is 37.5 Å². The van der Waals surface area contributed by atoms with Gasteiger partial charge in [-0.15, -0.1) is 0 Å². The summed E-state index contributed by atoms with van der Waals surface area (Å²) in [6.45, 7) is 1.83. The van der Waals surface area contributed by atoms with Crippen molar-refractivity contribution < 1.29 is 22.1 Å². The number of anilines is 1. The molecule has 0 bridgehead atoms. The van der Waals surface area contributed by atoms with Crippen molar-refractivity contribution in [3.8, 4) is 17.6 Å². The number of benzene rings is 3. The third-order valence-corrected chi connectivity index (χ3v) is 6.70. The van der Waals surface area contributed by atoms with Crippen LogP contribution in [0.25, 0.3) is 6.08 Å². The van der Waals surface area contributed by atoms with Gasteiger partial charge < -0.3 is 14.2 Å². The Morgan fingerprint density at radius 3 is 2.47 bits per heavy atom. The summed E-state index contributed by atoms with van der Waals surface area (Å²) in [5, 5.41) is 12.1. The second-order valence-corrected chi connectivity index (χ2v) is 10.2. The van der Waals surface area contributed by atoms with Gasteiger partial charge in [0.1, 0.15) is 16.5 Å². The first-order valence-corrected chi connectivity index (χ1v) is 12.6. The van der Waals surface area contributed by atoms with E-state index >= 15 is 0 Å². The van der Waals surface area contributed by atoms with Crippen LogP contribution in [0.2, 0.25) is 5.02 Å². The maximum Gasteiger partial charge on any atom is 0.339 e. The summed E-state index contributed by atoms with van der Waals surface area (Å²) in [6.07, 6.45) is 1.32. The van der Waals surface area contributed by atoms with Crippen LogP contribution >= 0.6 is 34.2 Å². The van der Waals surface area contributed by atoms with E-state index in [9.17, 15) is 18.5 Å². The number of halogens is 2. The van der Waals surface area contributed by atoms with E-state index in [4.69, 9.17) is 20.5 Å². The fourth-order valence-electron chi connectivity index (χ4n) is 2.85. The molecule has 174 valence electrons. The molecule has 0 aliphatic carbocycles. The molecule has 3 aromatic carbocycles. The molecule has 0 aliphatic rings. The average Bonchev–Trinajstić information content (AvgIpc) is 2.79. The predicted molar refractivity (Wildman–Crippen MR) is 138 cm³/mol. The van der Waals surface area contributed by atoms with Gasteiger partial charge in [-0.05, 0) is 83.6 Å². The Morgan fingerprint density at radius 1 is 1.15 bits per heavy atom. The van der Waals surface area contributed by atoms with E-state index in [-0.39, 0.29) is 27.0 Å². The molecular formula is C24H18ClIN2O5S. The number of nitriles is 1. The molecule has 0 aliphatic heterocycles. The minimum atomic E-state index is -4.17. The van der Waals surface area contributed by atoms with Crippen molar-refractivity contribution in [1.82, 2.24) is 0 Å². The van der Waals surface area contributed by atoms with Gasteiger partial charge >= 0.3 is 10.1 Å². The molecule has 0 saturated heterocycles. The van der Waals surface area contributed by atoms with Crippen molar-refractivity contribution in [1.29, 1.82) is 5.26 Å². The Hall–Kier alpha value is -3.07. The minimum Gasteiger partial charge on any atom is -0.493 e. The molecule has 1 N–H and O–H groups in total. The number of carbonyl (C=O) groups is 1. The van der Waals surface area contributed by atoms with Gasteiger partial charge in [-0.3, -0.25) is 4.79 Å². The SMILES string of the molecule is COc1cc(/C=C(\C#N)C(=O)Nc2cccc(I)c2)cc(Cl)c1OS(=O)(=O)c1ccc(C)cc1. The number of rotatable bonds is 7. The number of ether oxygens (including phenoxy) is 1. The van der Waals surface area contributed by atoms with Crippen LogP contribution in [0.4, 0.5) is 5.69 Å². The van der Waals surface area contributed by atoms with Crippen molar-refractivity contribution in [3.63, 3.8) is 0 Å². The fourth-order valence-corrected chi connectivity index (χ4v) is 4.65. The number of hydrogen-bond acceptors (Lipinski definition) is 6. The highest BCUT2D eigenvalue weighted by molar-refractivity contribution is 14.1. The summed E-state index contributed by atoms with van der Waals surface area (Å²) in [7, 11) is -2.86. The molecule has 34 heavy (non-hydrogen) atoms. The lowest BCUT2D eigenvalue weighted by Crippen LogP contribution is -2.13. The van der Waals surface area contributed by atoms with E-state index in [1.807, 2.05) is 19.1 Å². The van der Waals surface area contributed by atoms with Crippen LogP contribution in [-0.2, 0) is 14.9 Å². The summed E-state index contributed by atoms with van der Waals surface area (Å²) in [5.74, 6) is -0.796. The van der Waals surface area contributed by atoms with Gasteiger partial charge in [0, 0.05) is 9.26 Å².